The minimum atomic E-state index is -0.101. The SMILES string of the molecule is COc1cncc(OC)c1C(C)=O. The van der Waals surface area contributed by atoms with Crippen LogP contribution >= 0.6 is 0 Å². The fourth-order valence-electron chi connectivity index (χ4n) is 1.08. The highest BCUT2D eigenvalue weighted by Crippen LogP contribution is 2.26. The van der Waals surface area contributed by atoms with Crippen molar-refractivity contribution in [3.05, 3.63) is 18.0 Å². The highest BCUT2D eigenvalue weighted by Gasteiger charge is 2.14. The van der Waals surface area contributed by atoms with E-state index in [9.17, 15) is 4.79 Å². The molecule has 0 aliphatic carbocycles. The number of carbonyl (C=O) groups excluding carboxylic acids is 1. The van der Waals surface area contributed by atoms with E-state index in [-0.39, 0.29) is 5.78 Å². The molecule has 1 heterocycles. The number of ether oxygens (including phenoxy) is 2. The minimum Gasteiger partial charge on any atom is -0.494 e. The average molecular weight is 181 g/mol. The molecule has 0 aliphatic rings. The van der Waals surface area contributed by atoms with Crippen LogP contribution in [0.25, 0.3) is 0 Å². The first-order valence-corrected chi connectivity index (χ1v) is 3.77. The van der Waals surface area contributed by atoms with Crippen LogP contribution in [0.2, 0.25) is 0 Å². The molecule has 0 N–H and O–H groups in total. The smallest absolute Gasteiger partial charge is 0.167 e. The normalized spacial score (nSPS) is 9.46. The Bertz CT molecular complexity index is 300. The van der Waals surface area contributed by atoms with Gasteiger partial charge >= 0.3 is 0 Å². The lowest BCUT2D eigenvalue weighted by Gasteiger charge is -2.08. The maximum Gasteiger partial charge on any atom is 0.167 e. The predicted molar refractivity (Wildman–Crippen MR) is 47.3 cm³/mol. The molecule has 0 aliphatic heterocycles. The summed E-state index contributed by atoms with van der Waals surface area (Å²) in [7, 11) is 2.98. The number of hydrogen-bond donors (Lipinski definition) is 0. The largest absolute Gasteiger partial charge is 0.494 e. The molecule has 0 radical (unpaired) electrons. The molecule has 0 atom stereocenters. The van der Waals surface area contributed by atoms with Gasteiger partial charge in [-0.15, -0.1) is 0 Å². The summed E-state index contributed by atoms with van der Waals surface area (Å²) in [6, 6.07) is 0. The molecule has 13 heavy (non-hydrogen) atoms. The van der Waals surface area contributed by atoms with Crippen molar-refractivity contribution in [2.75, 3.05) is 14.2 Å². The topological polar surface area (TPSA) is 48.4 Å². The summed E-state index contributed by atoms with van der Waals surface area (Å²) < 4.78 is 9.97. The summed E-state index contributed by atoms with van der Waals surface area (Å²) >= 11 is 0. The second kappa shape index (κ2) is 3.89. The molecule has 0 saturated heterocycles. The molecule has 4 nitrogen and oxygen atoms in total. The molecule has 4 heteroatoms. The number of hydrogen-bond acceptors (Lipinski definition) is 4. The van der Waals surface area contributed by atoms with Crippen molar-refractivity contribution >= 4 is 5.78 Å². The molecule has 1 aromatic heterocycles. The van der Waals surface area contributed by atoms with Crippen LogP contribution in [0.5, 0.6) is 11.5 Å². The number of nitrogens with zero attached hydrogens (tertiary/aromatic N) is 1. The Hall–Kier alpha value is -1.58. The zero-order chi connectivity index (χ0) is 9.84. The molecule has 0 saturated carbocycles. The van der Waals surface area contributed by atoms with Crippen molar-refractivity contribution in [1.82, 2.24) is 4.98 Å². The van der Waals surface area contributed by atoms with Crippen molar-refractivity contribution in [3.63, 3.8) is 0 Å². The number of rotatable bonds is 3. The van der Waals surface area contributed by atoms with Crippen LogP contribution in [0, 0.1) is 0 Å². The monoisotopic (exact) mass is 181 g/mol. The van der Waals surface area contributed by atoms with Gasteiger partial charge in [0.2, 0.25) is 0 Å². The second-order valence-corrected chi connectivity index (χ2v) is 2.48. The zero-order valence-electron chi connectivity index (χ0n) is 7.83. The Morgan fingerprint density at radius 2 is 1.69 bits per heavy atom. The first-order chi connectivity index (χ1) is 6.20. The van der Waals surface area contributed by atoms with Gasteiger partial charge in [-0.1, -0.05) is 0 Å². The molecule has 0 amide bonds. The van der Waals surface area contributed by atoms with Crippen molar-refractivity contribution in [1.29, 1.82) is 0 Å². The van der Waals surface area contributed by atoms with Crippen LogP contribution in [0.3, 0.4) is 0 Å². The van der Waals surface area contributed by atoms with Gasteiger partial charge in [-0.3, -0.25) is 9.78 Å². The van der Waals surface area contributed by atoms with E-state index in [2.05, 4.69) is 4.98 Å². The van der Waals surface area contributed by atoms with Gasteiger partial charge in [0.15, 0.2) is 17.3 Å². The lowest BCUT2D eigenvalue weighted by atomic mass is 10.1. The van der Waals surface area contributed by atoms with Crippen LogP contribution in [-0.4, -0.2) is 25.0 Å². The van der Waals surface area contributed by atoms with Gasteiger partial charge < -0.3 is 9.47 Å². The number of aromatic nitrogens is 1. The van der Waals surface area contributed by atoms with Crippen molar-refractivity contribution in [2.45, 2.75) is 6.92 Å². The van der Waals surface area contributed by atoms with E-state index < -0.39 is 0 Å². The van der Waals surface area contributed by atoms with Gasteiger partial charge in [0.05, 0.1) is 26.6 Å². The summed E-state index contributed by atoms with van der Waals surface area (Å²) in [5.41, 5.74) is 0.431. The fraction of sp³-hybridized carbons (Fsp3) is 0.333. The van der Waals surface area contributed by atoms with Crippen LogP contribution in [0.4, 0.5) is 0 Å². The molecular weight excluding hydrogens is 170 g/mol. The Morgan fingerprint density at radius 3 is 2.00 bits per heavy atom. The lowest BCUT2D eigenvalue weighted by Crippen LogP contribution is -2.01. The van der Waals surface area contributed by atoms with E-state index in [0.717, 1.165) is 0 Å². The Labute approximate surface area is 76.5 Å². The van der Waals surface area contributed by atoms with E-state index in [1.54, 1.807) is 0 Å². The van der Waals surface area contributed by atoms with Gasteiger partial charge in [-0.25, -0.2) is 0 Å². The summed E-state index contributed by atoms with van der Waals surface area (Å²) in [5.74, 6) is 0.773. The number of ketones is 1. The Kier molecular flexibility index (Phi) is 2.84. The third-order valence-electron chi connectivity index (χ3n) is 1.67. The van der Waals surface area contributed by atoms with Crippen LogP contribution in [-0.2, 0) is 0 Å². The lowest BCUT2D eigenvalue weighted by molar-refractivity contribution is 0.101. The standard InChI is InChI=1S/C9H11NO3/c1-6(11)9-7(12-2)4-10-5-8(9)13-3/h4-5H,1-3H3. The Morgan fingerprint density at radius 1 is 1.23 bits per heavy atom. The number of pyridine rings is 1. The molecule has 1 rings (SSSR count). The maximum atomic E-state index is 11.2. The summed E-state index contributed by atoms with van der Waals surface area (Å²) in [4.78, 5) is 15.1. The first-order valence-electron chi connectivity index (χ1n) is 3.77. The van der Waals surface area contributed by atoms with Crippen LogP contribution < -0.4 is 9.47 Å². The average Bonchev–Trinajstić information content (AvgIpc) is 2.16. The van der Waals surface area contributed by atoms with Gasteiger partial charge in [-0.05, 0) is 6.92 Å². The molecule has 0 unspecified atom stereocenters. The molecule has 0 bridgehead atoms. The predicted octanol–water partition coefficient (Wildman–Crippen LogP) is 1.30. The van der Waals surface area contributed by atoms with E-state index in [1.165, 1.54) is 33.5 Å². The number of methoxy groups -OCH3 is 2. The zero-order valence-corrected chi connectivity index (χ0v) is 7.83. The van der Waals surface area contributed by atoms with E-state index >= 15 is 0 Å². The highest BCUT2D eigenvalue weighted by atomic mass is 16.5. The molecule has 0 spiro atoms. The third-order valence-corrected chi connectivity index (χ3v) is 1.67. The van der Waals surface area contributed by atoms with Gasteiger partial charge in [0, 0.05) is 0 Å². The molecule has 1 aromatic rings. The molecular formula is C9H11NO3. The number of Topliss-reactive ketones (excluding diaryl/α,β-unsaturated/α-hetero) is 1. The molecule has 0 aromatic carbocycles. The fourth-order valence-corrected chi connectivity index (χ4v) is 1.08. The van der Waals surface area contributed by atoms with Crippen molar-refractivity contribution in [3.8, 4) is 11.5 Å². The van der Waals surface area contributed by atoms with Crippen molar-refractivity contribution < 1.29 is 14.3 Å². The summed E-state index contributed by atoms with van der Waals surface area (Å²) in [6.45, 7) is 1.46. The summed E-state index contributed by atoms with van der Waals surface area (Å²) in [5, 5.41) is 0. The van der Waals surface area contributed by atoms with Crippen molar-refractivity contribution in [2.24, 2.45) is 0 Å². The van der Waals surface area contributed by atoms with Gasteiger partial charge in [0.1, 0.15) is 5.56 Å². The highest BCUT2D eigenvalue weighted by molar-refractivity contribution is 5.99. The van der Waals surface area contributed by atoms with E-state index in [4.69, 9.17) is 9.47 Å². The molecule has 70 valence electrons. The van der Waals surface area contributed by atoms with E-state index in [1.807, 2.05) is 0 Å². The maximum absolute atomic E-state index is 11.2. The third kappa shape index (κ3) is 1.77. The van der Waals surface area contributed by atoms with E-state index in [0.29, 0.717) is 17.1 Å². The quantitative estimate of drug-likeness (QED) is 0.659. The van der Waals surface area contributed by atoms with Gasteiger partial charge in [0.25, 0.3) is 0 Å². The van der Waals surface area contributed by atoms with Gasteiger partial charge in [-0.2, -0.15) is 0 Å². The summed E-state index contributed by atoms with van der Waals surface area (Å²) in [6.07, 6.45) is 2.97. The minimum absolute atomic E-state index is 0.101. The molecule has 0 fully saturated rings. The number of carbonyl (C=O) groups is 1. The Balaban J connectivity index is 3.29. The van der Waals surface area contributed by atoms with Crippen LogP contribution in [0.15, 0.2) is 12.4 Å². The van der Waals surface area contributed by atoms with Crippen LogP contribution in [0.1, 0.15) is 17.3 Å². The first kappa shape index (κ1) is 9.51. The second-order valence-electron chi connectivity index (χ2n) is 2.48.